The second-order valence-corrected chi connectivity index (χ2v) is 6.05. The van der Waals surface area contributed by atoms with Crippen LogP contribution in [0.2, 0.25) is 0 Å². The molecule has 1 N–H and O–H groups in total. The third kappa shape index (κ3) is 3.67. The molecule has 120 valence electrons. The number of likely N-dealkylation sites (tertiary alicyclic amines) is 1. The Morgan fingerprint density at radius 1 is 1.36 bits per heavy atom. The molecular weight excluding hydrogens is 276 g/mol. The summed E-state index contributed by atoms with van der Waals surface area (Å²) in [6.07, 6.45) is 3.27. The number of carbonyl (C=O) groups excluding carboxylic acids is 2. The largest absolute Gasteiger partial charge is 0.342 e. The number of anilines is 1. The summed E-state index contributed by atoms with van der Waals surface area (Å²) < 4.78 is 0. The number of unbranched alkanes of at least 4 members (excludes halogenated alkanes) is 1. The summed E-state index contributed by atoms with van der Waals surface area (Å²) in [6, 6.07) is 6.05. The molecule has 0 unspecified atom stereocenters. The average Bonchev–Trinajstić information content (AvgIpc) is 2.88. The van der Waals surface area contributed by atoms with Crippen molar-refractivity contribution in [3.05, 3.63) is 29.3 Å². The first kappa shape index (κ1) is 16.5. The van der Waals surface area contributed by atoms with Crippen molar-refractivity contribution in [2.75, 3.05) is 18.4 Å². The molecule has 1 aromatic carbocycles. The van der Waals surface area contributed by atoms with Gasteiger partial charge in [-0.15, -0.1) is 0 Å². The van der Waals surface area contributed by atoms with Crippen LogP contribution in [0.4, 0.5) is 5.69 Å². The van der Waals surface area contributed by atoms with Gasteiger partial charge in [0.15, 0.2) is 0 Å². The van der Waals surface area contributed by atoms with E-state index in [0.717, 1.165) is 42.6 Å². The summed E-state index contributed by atoms with van der Waals surface area (Å²) in [4.78, 5) is 26.3. The molecule has 4 nitrogen and oxygen atoms in total. The summed E-state index contributed by atoms with van der Waals surface area (Å²) in [7, 11) is 0. The molecule has 1 aromatic rings. The maximum atomic E-state index is 12.5. The Bertz CT molecular complexity index is 554. The Hall–Kier alpha value is -1.84. The molecular formula is C18H26N2O2. The van der Waals surface area contributed by atoms with Crippen molar-refractivity contribution in [1.29, 1.82) is 0 Å². The predicted octanol–water partition coefficient (Wildman–Crippen LogP) is 3.14. The molecule has 1 saturated heterocycles. The van der Waals surface area contributed by atoms with E-state index in [4.69, 9.17) is 0 Å². The van der Waals surface area contributed by atoms with Gasteiger partial charge in [-0.2, -0.15) is 0 Å². The van der Waals surface area contributed by atoms with E-state index >= 15 is 0 Å². The van der Waals surface area contributed by atoms with Crippen LogP contribution in [-0.4, -0.2) is 29.8 Å². The van der Waals surface area contributed by atoms with Crippen molar-refractivity contribution in [2.24, 2.45) is 5.92 Å². The number of aryl methyl sites for hydroxylation is 2. The van der Waals surface area contributed by atoms with E-state index in [2.05, 4.69) is 19.2 Å². The van der Waals surface area contributed by atoms with Gasteiger partial charge in [-0.25, -0.2) is 0 Å². The number of nitrogens with one attached hydrogen (secondary N) is 1. The van der Waals surface area contributed by atoms with Crippen LogP contribution in [0.15, 0.2) is 18.2 Å². The molecule has 1 aliphatic rings. The summed E-state index contributed by atoms with van der Waals surface area (Å²) in [5.74, 6) is -0.154. The lowest BCUT2D eigenvalue weighted by Gasteiger charge is -2.17. The van der Waals surface area contributed by atoms with E-state index < -0.39 is 0 Å². The van der Waals surface area contributed by atoms with Crippen molar-refractivity contribution in [1.82, 2.24) is 4.90 Å². The monoisotopic (exact) mass is 302 g/mol. The molecule has 1 aliphatic heterocycles. The van der Waals surface area contributed by atoms with E-state index in [1.54, 1.807) is 0 Å². The quantitative estimate of drug-likeness (QED) is 0.877. The van der Waals surface area contributed by atoms with Crippen LogP contribution >= 0.6 is 0 Å². The second-order valence-electron chi connectivity index (χ2n) is 6.05. The van der Waals surface area contributed by atoms with Crippen LogP contribution in [0.5, 0.6) is 0 Å². The Morgan fingerprint density at radius 3 is 2.82 bits per heavy atom. The molecule has 22 heavy (non-hydrogen) atoms. The Balaban J connectivity index is 2.03. The molecule has 1 heterocycles. The summed E-state index contributed by atoms with van der Waals surface area (Å²) in [6.45, 7) is 7.51. The van der Waals surface area contributed by atoms with E-state index in [1.165, 1.54) is 0 Å². The van der Waals surface area contributed by atoms with Gasteiger partial charge in [-0.1, -0.05) is 38.5 Å². The standard InChI is InChI=1S/C18H26N2O2/c1-4-6-10-20-12-15(11-16(20)21)18(22)19-17-13(3)8-7-9-14(17)5-2/h7-9,15H,4-6,10-12H2,1-3H3,(H,19,22)/t15-/m0/s1. The summed E-state index contributed by atoms with van der Waals surface area (Å²) >= 11 is 0. The molecule has 0 radical (unpaired) electrons. The number of rotatable bonds is 6. The van der Waals surface area contributed by atoms with Crippen molar-refractivity contribution in [3.8, 4) is 0 Å². The first-order valence-corrected chi connectivity index (χ1v) is 8.23. The second kappa shape index (κ2) is 7.43. The van der Waals surface area contributed by atoms with Gasteiger partial charge in [-0.3, -0.25) is 9.59 Å². The van der Waals surface area contributed by atoms with Crippen LogP contribution in [0.25, 0.3) is 0 Å². The maximum absolute atomic E-state index is 12.5. The number of para-hydroxylation sites is 1. The fraction of sp³-hybridized carbons (Fsp3) is 0.556. The van der Waals surface area contributed by atoms with Gasteiger partial charge in [0.05, 0.1) is 5.92 Å². The number of hydrogen-bond donors (Lipinski definition) is 1. The van der Waals surface area contributed by atoms with E-state index in [0.29, 0.717) is 13.0 Å². The lowest BCUT2D eigenvalue weighted by molar-refractivity contribution is -0.128. The first-order valence-electron chi connectivity index (χ1n) is 8.23. The van der Waals surface area contributed by atoms with Gasteiger partial charge >= 0.3 is 0 Å². The number of nitrogens with zero attached hydrogens (tertiary/aromatic N) is 1. The van der Waals surface area contributed by atoms with Crippen molar-refractivity contribution in [3.63, 3.8) is 0 Å². The molecule has 0 saturated carbocycles. The van der Waals surface area contributed by atoms with Crippen LogP contribution in [0, 0.1) is 12.8 Å². The molecule has 2 amide bonds. The molecule has 1 atom stereocenters. The molecule has 4 heteroatoms. The van der Waals surface area contributed by atoms with Crippen LogP contribution in [0.1, 0.15) is 44.2 Å². The van der Waals surface area contributed by atoms with Gasteiger partial charge in [0.2, 0.25) is 11.8 Å². The predicted molar refractivity (Wildman–Crippen MR) is 88.8 cm³/mol. The number of hydrogen-bond acceptors (Lipinski definition) is 2. The zero-order chi connectivity index (χ0) is 16.1. The lowest BCUT2D eigenvalue weighted by atomic mass is 10.0. The van der Waals surface area contributed by atoms with Gasteiger partial charge in [0.25, 0.3) is 0 Å². The maximum Gasteiger partial charge on any atom is 0.229 e. The van der Waals surface area contributed by atoms with Crippen molar-refractivity contribution < 1.29 is 9.59 Å². The van der Waals surface area contributed by atoms with Gasteiger partial charge < -0.3 is 10.2 Å². The van der Waals surface area contributed by atoms with Crippen LogP contribution < -0.4 is 5.32 Å². The zero-order valence-electron chi connectivity index (χ0n) is 13.8. The minimum atomic E-state index is -0.228. The van der Waals surface area contributed by atoms with Gasteiger partial charge in [0, 0.05) is 25.2 Å². The highest BCUT2D eigenvalue weighted by Crippen LogP contribution is 2.24. The summed E-state index contributed by atoms with van der Waals surface area (Å²) in [5.41, 5.74) is 3.12. The van der Waals surface area contributed by atoms with Crippen molar-refractivity contribution in [2.45, 2.75) is 46.5 Å². The minimum absolute atomic E-state index is 0.0312. The molecule has 0 spiro atoms. The van der Waals surface area contributed by atoms with E-state index in [-0.39, 0.29) is 17.7 Å². The van der Waals surface area contributed by atoms with Gasteiger partial charge in [0.1, 0.15) is 0 Å². The molecule has 0 aromatic heterocycles. The minimum Gasteiger partial charge on any atom is -0.342 e. The smallest absolute Gasteiger partial charge is 0.229 e. The average molecular weight is 302 g/mol. The normalized spacial score (nSPS) is 17.9. The Labute approximate surface area is 132 Å². The summed E-state index contributed by atoms with van der Waals surface area (Å²) in [5, 5.41) is 3.05. The Kier molecular flexibility index (Phi) is 5.58. The fourth-order valence-electron chi connectivity index (χ4n) is 2.94. The fourth-order valence-corrected chi connectivity index (χ4v) is 2.94. The number of carbonyl (C=O) groups is 2. The molecule has 0 aliphatic carbocycles. The van der Waals surface area contributed by atoms with E-state index in [1.807, 2.05) is 30.0 Å². The topological polar surface area (TPSA) is 49.4 Å². The molecule has 1 fully saturated rings. The molecule has 2 rings (SSSR count). The highest BCUT2D eigenvalue weighted by atomic mass is 16.2. The molecule has 0 bridgehead atoms. The SMILES string of the molecule is CCCCN1C[C@@H](C(=O)Nc2c(C)cccc2CC)CC1=O. The van der Waals surface area contributed by atoms with E-state index in [9.17, 15) is 9.59 Å². The number of amides is 2. The zero-order valence-corrected chi connectivity index (χ0v) is 13.8. The van der Waals surface area contributed by atoms with Gasteiger partial charge in [-0.05, 0) is 30.9 Å². The third-order valence-electron chi connectivity index (χ3n) is 4.36. The van der Waals surface area contributed by atoms with Crippen molar-refractivity contribution >= 4 is 17.5 Å². The third-order valence-corrected chi connectivity index (χ3v) is 4.36. The van der Waals surface area contributed by atoms with Crippen LogP contribution in [-0.2, 0) is 16.0 Å². The Morgan fingerprint density at radius 2 is 2.14 bits per heavy atom. The lowest BCUT2D eigenvalue weighted by Crippen LogP contribution is -2.29. The first-order chi connectivity index (χ1) is 10.6. The highest BCUT2D eigenvalue weighted by Gasteiger charge is 2.34. The van der Waals surface area contributed by atoms with Crippen LogP contribution in [0.3, 0.4) is 0 Å². The number of benzene rings is 1. The highest BCUT2D eigenvalue weighted by molar-refractivity contribution is 5.98.